The number of halogens is 1. The predicted octanol–water partition coefficient (Wildman–Crippen LogP) is 2.92. The number of hydrogen-bond acceptors (Lipinski definition) is 2. The molecule has 2 rings (SSSR count). The molecule has 4 nitrogen and oxygen atoms in total. The topological polar surface area (TPSA) is 54.6 Å². The van der Waals surface area contributed by atoms with Crippen molar-refractivity contribution in [3.05, 3.63) is 34.3 Å². The van der Waals surface area contributed by atoms with E-state index >= 15 is 0 Å². The Morgan fingerprint density at radius 3 is 2.75 bits per heavy atom. The highest BCUT2D eigenvalue weighted by Crippen LogP contribution is 2.24. The van der Waals surface area contributed by atoms with Crippen molar-refractivity contribution < 1.29 is 9.90 Å². The van der Waals surface area contributed by atoms with Crippen molar-refractivity contribution in [3.8, 4) is 0 Å². The Bertz CT molecular complexity index is 560. The van der Waals surface area contributed by atoms with Gasteiger partial charge in [-0.3, -0.25) is 4.40 Å². The number of rotatable bonds is 2. The van der Waals surface area contributed by atoms with Crippen LogP contribution in [0, 0.1) is 0 Å². The minimum absolute atomic E-state index is 0.102. The number of carboxylic acids is 1. The lowest BCUT2D eigenvalue weighted by atomic mass is 10.2. The Kier molecular flexibility index (Phi) is 2.71. The lowest BCUT2D eigenvalue weighted by Gasteiger charge is -2.05. The summed E-state index contributed by atoms with van der Waals surface area (Å²) in [6.07, 6.45) is 0. The maximum absolute atomic E-state index is 11.1. The van der Waals surface area contributed by atoms with Crippen LogP contribution in [0.15, 0.2) is 22.8 Å². The van der Waals surface area contributed by atoms with Crippen molar-refractivity contribution in [1.82, 2.24) is 9.38 Å². The molecule has 2 aromatic heterocycles. The zero-order valence-corrected chi connectivity index (χ0v) is 10.5. The standard InChI is InChI=1S/C11H11BrN2O2/c1-6(2)10-13-9(11(15)16)7-4-3-5-8(12)14(7)10/h3-6H,1-2H3,(H,15,16). The summed E-state index contributed by atoms with van der Waals surface area (Å²) in [5, 5.41) is 9.08. The van der Waals surface area contributed by atoms with E-state index in [1.165, 1.54) is 0 Å². The minimum Gasteiger partial charge on any atom is -0.476 e. The molecule has 2 aromatic rings. The van der Waals surface area contributed by atoms with Crippen molar-refractivity contribution in [2.45, 2.75) is 19.8 Å². The Morgan fingerprint density at radius 1 is 1.50 bits per heavy atom. The number of carboxylic acid groups (broad SMARTS) is 1. The fourth-order valence-electron chi connectivity index (χ4n) is 1.67. The number of aromatic nitrogens is 2. The molecular weight excluding hydrogens is 272 g/mol. The summed E-state index contributed by atoms with van der Waals surface area (Å²) in [7, 11) is 0. The maximum atomic E-state index is 11.1. The second kappa shape index (κ2) is 3.90. The first-order chi connectivity index (χ1) is 7.52. The fourth-order valence-corrected chi connectivity index (χ4v) is 2.19. The molecule has 0 aromatic carbocycles. The van der Waals surface area contributed by atoms with Gasteiger partial charge < -0.3 is 5.11 Å². The lowest BCUT2D eigenvalue weighted by Crippen LogP contribution is -1.98. The van der Waals surface area contributed by atoms with Crippen molar-refractivity contribution in [2.75, 3.05) is 0 Å². The highest BCUT2D eigenvalue weighted by atomic mass is 79.9. The molecule has 0 fully saturated rings. The average Bonchev–Trinajstić information content (AvgIpc) is 2.58. The van der Waals surface area contributed by atoms with Gasteiger partial charge in [-0.25, -0.2) is 9.78 Å². The first-order valence-corrected chi connectivity index (χ1v) is 5.72. The number of fused-ring (bicyclic) bond motifs is 1. The Balaban J connectivity index is 2.87. The van der Waals surface area contributed by atoms with Crippen LogP contribution < -0.4 is 0 Å². The molecule has 0 atom stereocenters. The molecule has 0 aliphatic heterocycles. The third kappa shape index (κ3) is 1.61. The van der Waals surface area contributed by atoms with Gasteiger partial charge in [0.2, 0.25) is 0 Å². The van der Waals surface area contributed by atoms with Gasteiger partial charge in [0.05, 0.1) is 10.1 Å². The zero-order chi connectivity index (χ0) is 11.9. The summed E-state index contributed by atoms with van der Waals surface area (Å²) in [6, 6.07) is 5.43. The van der Waals surface area contributed by atoms with E-state index < -0.39 is 5.97 Å². The molecule has 0 spiro atoms. The van der Waals surface area contributed by atoms with Gasteiger partial charge in [0, 0.05) is 5.92 Å². The molecule has 0 saturated carbocycles. The smallest absolute Gasteiger partial charge is 0.356 e. The van der Waals surface area contributed by atoms with Crippen molar-refractivity contribution in [1.29, 1.82) is 0 Å². The quantitative estimate of drug-likeness (QED) is 0.862. The van der Waals surface area contributed by atoms with Crippen molar-refractivity contribution in [2.24, 2.45) is 0 Å². The first-order valence-electron chi connectivity index (χ1n) is 4.92. The van der Waals surface area contributed by atoms with Gasteiger partial charge in [0.15, 0.2) is 5.69 Å². The first kappa shape index (κ1) is 11.1. The molecule has 0 saturated heterocycles. The molecule has 0 unspecified atom stereocenters. The molecule has 0 bridgehead atoms. The number of aromatic carboxylic acids is 1. The van der Waals surface area contributed by atoms with Gasteiger partial charge in [-0.05, 0) is 28.1 Å². The Hall–Kier alpha value is -1.36. The highest BCUT2D eigenvalue weighted by Gasteiger charge is 2.19. The van der Waals surface area contributed by atoms with Gasteiger partial charge in [0.25, 0.3) is 0 Å². The Labute approximate surface area is 101 Å². The fraction of sp³-hybridized carbons (Fsp3) is 0.273. The van der Waals surface area contributed by atoms with E-state index in [-0.39, 0.29) is 11.6 Å². The maximum Gasteiger partial charge on any atom is 0.356 e. The molecule has 0 aliphatic carbocycles. The van der Waals surface area contributed by atoms with Gasteiger partial charge in [-0.2, -0.15) is 0 Å². The Morgan fingerprint density at radius 2 is 2.19 bits per heavy atom. The molecule has 5 heteroatoms. The molecule has 16 heavy (non-hydrogen) atoms. The van der Waals surface area contributed by atoms with E-state index in [4.69, 9.17) is 5.11 Å². The average molecular weight is 283 g/mol. The van der Waals surface area contributed by atoms with Crippen LogP contribution in [0.2, 0.25) is 0 Å². The van der Waals surface area contributed by atoms with E-state index in [0.29, 0.717) is 5.52 Å². The third-order valence-electron chi connectivity index (χ3n) is 2.36. The number of pyridine rings is 1. The van der Waals surface area contributed by atoms with Crippen LogP contribution >= 0.6 is 15.9 Å². The predicted molar refractivity (Wildman–Crippen MR) is 63.9 cm³/mol. The molecular formula is C11H11BrN2O2. The van der Waals surface area contributed by atoms with Crippen LogP contribution in [0.5, 0.6) is 0 Å². The van der Waals surface area contributed by atoms with Crippen LogP contribution in [-0.2, 0) is 0 Å². The van der Waals surface area contributed by atoms with Crippen LogP contribution in [0.25, 0.3) is 5.52 Å². The van der Waals surface area contributed by atoms with Gasteiger partial charge in [-0.15, -0.1) is 0 Å². The number of imidazole rings is 1. The second-order valence-corrected chi connectivity index (χ2v) is 4.66. The van der Waals surface area contributed by atoms with Gasteiger partial charge in [-0.1, -0.05) is 19.9 Å². The number of hydrogen-bond donors (Lipinski definition) is 1. The number of nitrogens with zero attached hydrogens (tertiary/aromatic N) is 2. The van der Waals surface area contributed by atoms with Crippen molar-refractivity contribution >= 4 is 27.4 Å². The van der Waals surface area contributed by atoms with E-state index in [9.17, 15) is 4.79 Å². The van der Waals surface area contributed by atoms with Crippen LogP contribution in [0.3, 0.4) is 0 Å². The molecule has 2 heterocycles. The minimum atomic E-state index is -0.998. The van der Waals surface area contributed by atoms with Gasteiger partial charge >= 0.3 is 5.97 Å². The SMILES string of the molecule is CC(C)c1nc(C(=O)O)c2cccc(Br)n12. The largest absolute Gasteiger partial charge is 0.476 e. The normalized spacial score (nSPS) is 11.2. The monoisotopic (exact) mass is 282 g/mol. The summed E-state index contributed by atoms with van der Waals surface area (Å²) < 4.78 is 2.64. The van der Waals surface area contributed by atoms with Gasteiger partial charge in [0.1, 0.15) is 5.82 Å². The number of carbonyl (C=O) groups is 1. The highest BCUT2D eigenvalue weighted by molar-refractivity contribution is 9.10. The van der Waals surface area contributed by atoms with E-state index in [1.54, 1.807) is 12.1 Å². The van der Waals surface area contributed by atoms with Crippen LogP contribution in [0.4, 0.5) is 0 Å². The van der Waals surface area contributed by atoms with Crippen LogP contribution in [0.1, 0.15) is 36.1 Å². The molecule has 1 N–H and O–H groups in total. The summed E-state index contributed by atoms with van der Waals surface area (Å²) in [4.78, 5) is 15.3. The molecule has 0 aliphatic rings. The third-order valence-corrected chi connectivity index (χ3v) is 2.98. The summed E-state index contributed by atoms with van der Waals surface area (Å²) in [5.41, 5.74) is 0.718. The van der Waals surface area contributed by atoms with E-state index in [1.807, 2.05) is 24.3 Å². The summed E-state index contributed by atoms with van der Waals surface area (Å²) >= 11 is 3.41. The molecule has 0 amide bonds. The lowest BCUT2D eigenvalue weighted by molar-refractivity contribution is 0.0693. The second-order valence-electron chi connectivity index (χ2n) is 3.85. The molecule has 84 valence electrons. The van der Waals surface area contributed by atoms with Crippen molar-refractivity contribution in [3.63, 3.8) is 0 Å². The zero-order valence-electron chi connectivity index (χ0n) is 8.94. The van der Waals surface area contributed by atoms with E-state index in [0.717, 1.165) is 10.4 Å². The van der Waals surface area contributed by atoms with E-state index in [2.05, 4.69) is 20.9 Å². The summed E-state index contributed by atoms with van der Waals surface area (Å²) in [6.45, 7) is 3.97. The summed E-state index contributed by atoms with van der Waals surface area (Å²) in [5.74, 6) is -0.0818. The van der Waals surface area contributed by atoms with Crippen LogP contribution in [-0.4, -0.2) is 20.5 Å². The molecule has 0 radical (unpaired) electrons.